The van der Waals surface area contributed by atoms with Gasteiger partial charge in [-0.05, 0) is 30.2 Å². The van der Waals surface area contributed by atoms with Gasteiger partial charge < -0.3 is 15.2 Å². The summed E-state index contributed by atoms with van der Waals surface area (Å²) < 4.78 is 5.14. The molecule has 0 aliphatic heterocycles. The van der Waals surface area contributed by atoms with Gasteiger partial charge in [-0.25, -0.2) is 4.79 Å². The number of benzene rings is 2. The summed E-state index contributed by atoms with van der Waals surface area (Å²) in [7, 11) is 0. The van der Waals surface area contributed by atoms with Crippen molar-refractivity contribution in [3.05, 3.63) is 77.0 Å². The molecule has 0 aliphatic rings. The van der Waals surface area contributed by atoms with Crippen molar-refractivity contribution in [2.45, 2.75) is 13.0 Å². The third kappa shape index (κ3) is 4.99. The average Bonchev–Trinajstić information content (AvgIpc) is 2.70. The number of fused-ring (bicyclic) bond motifs is 1. The molecule has 0 aliphatic carbocycles. The molecule has 5 nitrogen and oxygen atoms in total. The van der Waals surface area contributed by atoms with Crippen molar-refractivity contribution in [1.82, 2.24) is 10.3 Å². The number of halogens is 1. The molecule has 0 saturated carbocycles. The molecule has 0 bridgehead atoms. The molecular formula is C21H19ClN2O3. The van der Waals surface area contributed by atoms with Crippen LogP contribution in [0.4, 0.5) is 4.79 Å². The fraction of sp³-hybridized carbons (Fsp3) is 0.143. The van der Waals surface area contributed by atoms with Crippen molar-refractivity contribution >= 4 is 34.7 Å². The lowest BCUT2D eigenvalue weighted by Gasteiger charge is -2.07. The maximum absolute atomic E-state index is 11.7. The number of phenolic OH excluding ortho intramolecular Hbond substituents is 1. The molecule has 1 aromatic heterocycles. The number of aromatic nitrogens is 1. The van der Waals surface area contributed by atoms with E-state index in [2.05, 4.69) is 10.3 Å². The zero-order valence-corrected chi connectivity index (χ0v) is 15.3. The molecule has 1 amide bonds. The molecule has 6 heteroatoms. The van der Waals surface area contributed by atoms with E-state index >= 15 is 0 Å². The van der Waals surface area contributed by atoms with Crippen LogP contribution < -0.4 is 5.32 Å². The normalized spacial score (nSPS) is 11.0. The van der Waals surface area contributed by atoms with Crippen molar-refractivity contribution in [1.29, 1.82) is 0 Å². The van der Waals surface area contributed by atoms with E-state index in [1.165, 1.54) is 0 Å². The number of nitrogens with one attached hydrogen (secondary N) is 1. The van der Waals surface area contributed by atoms with Crippen LogP contribution in [-0.4, -0.2) is 22.7 Å². The van der Waals surface area contributed by atoms with Crippen molar-refractivity contribution < 1.29 is 14.6 Å². The SMILES string of the molecule is O=C(NCCC=Cc1cc(Cl)c2cccnc2c1O)OCc1ccccc1. The first-order chi connectivity index (χ1) is 13.1. The van der Waals surface area contributed by atoms with Gasteiger partial charge in [-0.2, -0.15) is 0 Å². The number of rotatable bonds is 6. The third-order valence-electron chi connectivity index (χ3n) is 3.94. The van der Waals surface area contributed by atoms with Crippen LogP contribution in [0.15, 0.2) is 60.8 Å². The summed E-state index contributed by atoms with van der Waals surface area (Å²) in [5.41, 5.74) is 1.98. The second kappa shape index (κ2) is 9.05. The molecule has 2 N–H and O–H groups in total. The van der Waals surface area contributed by atoms with Gasteiger partial charge in [-0.3, -0.25) is 4.98 Å². The minimum atomic E-state index is -0.465. The lowest BCUT2D eigenvalue weighted by Crippen LogP contribution is -2.24. The third-order valence-corrected chi connectivity index (χ3v) is 4.25. The quantitative estimate of drug-likeness (QED) is 0.593. The zero-order valence-electron chi connectivity index (χ0n) is 14.6. The number of hydrogen-bond donors (Lipinski definition) is 2. The van der Waals surface area contributed by atoms with Gasteiger partial charge in [0.2, 0.25) is 0 Å². The van der Waals surface area contributed by atoms with E-state index in [0.717, 1.165) is 5.56 Å². The largest absolute Gasteiger partial charge is 0.505 e. The maximum atomic E-state index is 11.7. The number of amides is 1. The van der Waals surface area contributed by atoms with E-state index in [0.29, 0.717) is 34.5 Å². The van der Waals surface area contributed by atoms with Crippen LogP contribution in [0, 0.1) is 0 Å². The predicted octanol–water partition coefficient (Wildman–Crippen LogP) is 4.92. The molecule has 0 atom stereocenters. The van der Waals surface area contributed by atoms with Crippen molar-refractivity contribution in [2.75, 3.05) is 6.54 Å². The van der Waals surface area contributed by atoms with Crippen LogP contribution >= 0.6 is 11.6 Å². The van der Waals surface area contributed by atoms with E-state index in [1.54, 1.807) is 24.4 Å². The van der Waals surface area contributed by atoms with E-state index in [4.69, 9.17) is 16.3 Å². The fourth-order valence-corrected chi connectivity index (χ4v) is 2.85. The summed E-state index contributed by atoms with van der Waals surface area (Å²) in [6.45, 7) is 0.656. The molecule has 3 rings (SSSR count). The summed E-state index contributed by atoms with van der Waals surface area (Å²) in [6, 6.07) is 14.8. The number of phenols is 1. The van der Waals surface area contributed by atoms with Gasteiger partial charge in [0, 0.05) is 23.7 Å². The van der Waals surface area contributed by atoms with Gasteiger partial charge in [0.25, 0.3) is 0 Å². The first-order valence-corrected chi connectivity index (χ1v) is 8.90. The lowest BCUT2D eigenvalue weighted by molar-refractivity contribution is 0.140. The second-order valence-electron chi connectivity index (χ2n) is 5.88. The average molecular weight is 383 g/mol. The first kappa shape index (κ1) is 18.7. The minimum Gasteiger partial charge on any atom is -0.505 e. The molecule has 0 fully saturated rings. The van der Waals surface area contributed by atoms with Gasteiger partial charge >= 0.3 is 6.09 Å². The molecule has 0 saturated heterocycles. The smallest absolute Gasteiger partial charge is 0.407 e. The first-order valence-electron chi connectivity index (χ1n) is 8.52. The van der Waals surface area contributed by atoms with Crippen LogP contribution in [0.25, 0.3) is 17.0 Å². The highest BCUT2D eigenvalue weighted by Gasteiger charge is 2.09. The predicted molar refractivity (Wildman–Crippen MR) is 107 cm³/mol. The lowest BCUT2D eigenvalue weighted by atomic mass is 10.1. The molecular weight excluding hydrogens is 364 g/mol. The molecule has 27 heavy (non-hydrogen) atoms. The number of pyridine rings is 1. The van der Waals surface area contributed by atoms with Gasteiger partial charge in [0.05, 0.1) is 5.02 Å². The Hall–Kier alpha value is -3.05. The van der Waals surface area contributed by atoms with Crippen LogP contribution in [0.5, 0.6) is 5.75 Å². The Labute approximate surface area is 162 Å². The van der Waals surface area contributed by atoms with Gasteiger partial charge in [-0.1, -0.05) is 54.1 Å². The van der Waals surface area contributed by atoms with Gasteiger partial charge in [0.15, 0.2) is 0 Å². The van der Waals surface area contributed by atoms with Crippen LogP contribution in [0.3, 0.4) is 0 Å². The molecule has 3 aromatic rings. The Kier molecular flexibility index (Phi) is 6.28. The number of hydrogen-bond acceptors (Lipinski definition) is 4. The van der Waals surface area contributed by atoms with E-state index in [1.807, 2.05) is 42.5 Å². The van der Waals surface area contributed by atoms with Crippen molar-refractivity contribution in [3.63, 3.8) is 0 Å². The number of carbonyl (C=O) groups excluding carboxylic acids is 1. The highest BCUT2D eigenvalue weighted by atomic mass is 35.5. The van der Waals surface area contributed by atoms with Crippen LogP contribution in [0.2, 0.25) is 5.02 Å². The zero-order chi connectivity index (χ0) is 19.1. The standard InChI is InChI=1S/C21H19ClN2O3/c22-18-13-16(20(25)19-17(18)10-6-12-23-19)9-4-5-11-24-21(26)27-14-15-7-2-1-3-8-15/h1-4,6-10,12-13,25H,5,11,14H2,(H,24,26). The highest BCUT2D eigenvalue weighted by molar-refractivity contribution is 6.35. The molecule has 2 aromatic carbocycles. The number of ether oxygens (including phenoxy) is 1. The Morgan fingerprint density at radius 3 is 2.85 bits per heavy atom. The molecule has 138 valence electrons. The molecule has 0 unspecified atom stereocenters. The fourth-order valence-electron chi connectivity index (χ4n) is 2.58. The summed E-state index contributed by atoms with van der Waals surface area (Å²) >= 11 is 6.24. The topological polar surface area (TPSA) is 71.5 Å². The van der Waals surface area contributed by atoms with Crippen LogP contribution in [0.1, 0.15) is 17.5 Å². The van der Waals surface area contributed by atoms with E-state index < -0.39 is 6.09 Å². The minimum absolute atomic E-state index is 0.0847. The Bertz CT molecular complexity index is 958. The monoisotopic (exact) mass is 382 g/mol. The van der Waals surface area contributed by atoms with Gasteiger partial charge in [0.1, 0.15) is 17.9 Å². The van der Waals surface area contributed by atoms with Gasteiger partial charge in [-0.15, -0.1) is 0 Å². The van der Waals surface area contributed by atoms with Crippen LogP contribution in [-0.2, 0) is 11.3 Å². The van der Waals surface area contributed by atoms with Crippen molar-refractivity contribution in [3.8, 4) is 5.75 Å². The summed E-state index contributed by atoms with van der Waals surface area (Å²) in [5.74, 6) is 0.0847. The summed E-state index contributed by atoms with van der Waals surface area (Å²) in [6.07, 6.45) is 5.33. The maximum Gasteiger partial charge on any atom is 0.407 e. The number of aromatic hydroxyl groups is 1. The Morgan fingerprint density at radius 1 is 1.22 bits per heavy atom. The molecule has 1 heterocycles. The number of carbonyl (C=O) groups is 1. The van der Waals surface area contributed by atoms with E-state index in [9.17, 15) is 9.90 Å². The summed E-state index contributed by atoms with van der Waals surface area (Å²) in [5, 5.41) is 14.2. The number of alkyl carbamates (subject to hydrolysis) is 1. The molecule has 0 spiro atoms. The van der Waals surface area contributed by atoms with E-state index in [-0.39, 0.29) is 12.4 Å². The number of nitrogens with zero attached hydrogens (tertiary/aromatic N) is 1. The summed E-state index contributed by atoms with van der Waals surface area (Å²) in [4.78, 5) is 15.8. The Morgan fingerprint density at radius 2 is 2.04 bits per heavy atom. The van der Waals surface area contributed by atoms with Crippen molar-refractivity contribution in [2.24, 2.45) is 0 Å². The second-order valence-corrected chi connectivity index (χ2v) is 6.28. The highest BCUT2D eigenvalue weighted by Crippen LogP contribution is 2.33. The molecule has 0 radical (unpaired) electrons. The Balaban J connectivity index is 1.49.